The molecule has 1 atom stereocenters. The lowest BCUT2D eigenvalue weighted by molar-refractivity contribution is -0.118. The molecule has 1 aliphatic heterocycles. The number of nitrogen functional groups attached to an aromatic ring is 1. The lowest BCUT2D eigenvalue weighted by Gasteiger charge is -2.19. The number of pyridine rings is 1. The number of benzene rings is 3. The first-order chi connectivity index (χ1) is 16.1. The van der Waals surface area contributed by atoms with E-state index in [1.54, 1.807) is 7.11 Å². The molecule has 2 heterocycles. The summed E-state index contributed by atoms with van der Waals surface area (Å²) in [5.41, 5.74) is 8.53. The van der Waals surface area contributed by atoms with Crippen molar-refractivity contribution in [1.29, 1.82) is 0 Å². The topological polar surface area (TPSA) is 86.3 Å². The minimum absolute atomic E-state index is 0.114. The maximum absolute atomic E-state index is 13.4. The Bertz CT molecular complexity index is 1410. The van der Waals surface area contributed by atoms with Crippen LogP contribution >= 0.6 is 11.8 Å². The van der Waals surface area contributed by atoms with Crippen molar-refractivity contribution in [1.82, 2.24) is 4.57 Å². The second-order valence-electron chi connectivity index (χ2n) is 7.90. The summed E-state index contributed by atoms with van der Waals surface area (Å²) in [4.78, 5) is 26.4. The fourth-order valence-corrected chi connectivity index (χ4v) is 5.63. The molecule has 166 valence electrons. The van der Waals surface area contributed by atoms with Gasteiger partial charge in [-0.15, -0.1) is 11.8 Å². The van der Waals surface area contributed by atoms with Gasteiger partial charge in [0.05, 0.1) is 7.11 Å². The molecule has 0 saturated heterocycles. The molecule has 6 nitrogen and oxygen atoms in total. The van der Waals surface area contributed by atoms with E-state index in [0.29, 0.717) is 34.2 Å². The van der Waals surface area contributed by atoms with Crippen LogP contribution < -0.4 is 21.3 Å². The SMILES string of the molecule is COc1c(Cc2cccc3ccccc23)c(N)c(=O)n2c1SCC2C(=O)Nc1ccccc1. The molecule has 1 aromatic heterocycles. The van der Waals surface area contributed by atoms with Crippen molar-refractivity contribution in [3.05, 3.63) is 94.3 Å². The van der Waals surface area contributed by atoms with Gasteiger partial charge in [-0.05, 0) is 28.5 Å². The number of nitrogens with zero attached hydrogens (tertiary/aromatic N) is 1. The number of nitrogens with one attached hydrogen (secondary N) is 1. The Morgan fingerprint density at radius 2 is 1.82 bits per heavy atom. The highest BCUT2D eigenvalue weighted by Gasteiger charge is 2.35. The number of thioether (sulfide) groups is 1. The van der Waals surface area contributed by atoms with Crippen LogP contribution in [0.4, 0.5) is 11.4 Å². The molecule has 3 aromatic carbocycles. The average Bonchev–Trinajstić information content (AvgIpc) is 3.29. The molecule has 33 heavy (non-hydrogen) atoms. The van der Waals surface area contributed by atoms with Crippen molar-refractivity contribution >= 4 is 39.8 Å². The van der Waals surface area contributed by atoms with E-state index in [1.165, 1.54) is 16.3 Å². The summed E-state index contributed by atoms with van der Waals surface area (Å²) >= 11 is 1.44. The number of hydrogen-bond donors (Lipinski definition) is 2. The monoisotopic (exact) mass is 457 g/mol. The molecule has 0 radical (unpaired) electrons. The van der Waals surface area contributed by atoms with Crippen LogP contribution in [0.15, 0.2) is 82.6 Å². The minimum atomic E-state index is -0.666. The van der Waals surface area contributed by atoms with Crippen LogP contribution in [-0.4, -0.2) is 23.3 Å². The van der Waals surface area contributed by atoms with E-state index in [0.717, 1.165) is 16.3 Å². The summed E-state index contributed by atoms with van der Waals surface area (Å²) in [6.45, 7) is 0. The van der Waals surface area contributed by atoms with Gasteiger partial charge in [0.2, 0.25) is 5.91 Å². The van der Waals surface area contributed by atoms with Crippen LogP contribution in [0.25, 0.3) is 10.8 Å². The van der Waals surface area contributed by atoms with Crippen LogP contribution in [-0.2, 0) is 11.2 Å². The van der Waals surface area contributed by atoms with Crippen LogP contribution in [0, 0.1) is 0 Å². The molecule has 0 fully saturated rings. The normalized spacial score (nSPS) is 14.8. The average molecular weight is 458 g/mol. The zero-order valence-corrected chi connectivity index (χ0v) is 18.9. The predicted molar refractivity (Wildman–Crippen MR) is 133 cm³/mol. The Morgan fingerprint density at radius 3 is 2.61 bits per heavy atom. The fraction of sp³-hybridized carbons (Fsp3) is 0.154. The second kappa shape index (κ2) is 8.67. The van der Waals surface area contributed by atoms with E-state index in [1.807, 2.05) is 54.6 Å². The standard InChI is InChI=1S/C26H23N3O3S/c1-32-23-20(14-17-10-7-9-16-8-5-6-13-19(16)17)22(27)25(31)29-21(15-33-26(23)29)24(30)28-18-11-3-2-4-12-18/h2-13,21H,14-15,27H2,1H3,(H,28,30). The number of carbonyl (C=O) groups excluding carboxylic acids is 1. The largest absolute Gasteiger partial charge is 0.494 e. The van der Waals surface area contributed by atoms with Gasteiger partial charge in [0.15, 0.2) is 5.75 Å². The molecular formula is C26H23N3O3S. The Morgan fingerprint density at radius 1 is 1.09 bits per heavy atom. The molecule has 0 spiro atoms. The number of fused-ring (bicyclic) bond motifs is 2. The summed E-state index contributed by atoms with van der Waals surface area (Å²) in [6, 6.07) is 22.7. The number of para-hydroxylation sites is 1. The highest BCUT2D eigenvalue weighted by molar-refractivity contribution is 7.99. The first-order valence-electron chi connectivity index (χ1n) is 10.6. The van der Waals surface area contributed by atoms with Gasteiger partial charge in [-0.2, -0.15) is 0 Å². The quantitative estimate of drug-likeness (QED) is 0.462. The molecule has 0 saturated carbocycles. The highest BCUT2D eigenvalue weighted by atomic mass is 32.2. The molecule has 1 unspecified atom stereocenters. The molecule has 0 bridgehead atoms. The van der Waals surface area contributed by atoms with Gasteiger partial charge in [0.1, 0.15) is 16.8 Å². The Kier molecular flexibility index (Phi) is 5.56. The van der Waals surface area contributed by atoms with E-state index in [2.05, 4.69) is 23.5 Å². The summed E-state index contributed by atoms with van der Waals surface area (Å²) in [5.74, 6) is 0.736. The van der Waals surface area contributed by atoms with Crippen LogP contribution in [0.3, 0.4) is 0 Å². The van der Waals surface area contributed by atoms with Gasteiger partial charge in [-0.3, -0.25) is 14.2 Å². The first kappa shape index (κ1) is 21.2. The van der Waals surface area contributed by atoms with Crippen molar-refractivity contribution in [2.45, 2.75) is 17.5 Å². The van der Waals surface area contributed by atoms with Crippen molar-refractivity contribution in [2.75, 3.05) is 23.9 Å². The maximum Gasteiger partial charge on any atom is 0.275 e. The van der Waals surface area contributed by atoms with Crippen molar-refractivity contribution < 1.29 is 9.53 Å². The fourth-order valence-electron chi connectivity index (χ4n) is 4.33. The Balaban J connectivity index is 1.56. The number of amides is 1. The van der Waals surface area contributed by atoms with E-state index in [-0.39, 0.29) is 17.2 Å². The molecule has 3 N–H and O–H groups in total. The summed E-state index contributed by atoms with van der Waals surface area (Å²) in [5, 5.41) is 5.76. The van der Waals surface area contributed by atoms with Gasteiger partial charge < -0.3 is 15.8 Å². The highest BCUT2D eigenvalue weighted by Crippen LogP contribution is 2.43. The van der Waals surface area contributed by atoms with E-state index < -0.39 is 6.04 Å². The zero-order chi connectivity index (χ0) is 22.9. The first-order valence-corrected chi connectivity index (χ1v) is 11.6. The minimum Gasteiger partial charge on any atom is -0.494 e. The molecular weight excluding hydrogens is 434 g/mol. The Labute approximate surface area is 195 Å². The van der Waals surface area contributed by atoms with Gasteiger partial charge in [-0.1, -0.05) is 60.7 Å². The molecule has 5 rings (SSSR count). The third kappa shape index (κ3) is 3.74. The molecule has 7 heteroatoms. The van der Waals surface area contributed by atoms with E-state index >= 15 is 0 Å². The third-order valence-electron chi connectivity index (χ3n) is 5.95. The molecule has 1 amide bonds. The smallest absolute Gasteiger partial charge is 0.275 e. The van der Waals surface area contributed by atoms with Crippen molar-refractivity contribution in [2.24, 2.45) is 0 Å². The van der Waals surface area contributed by atoms with Gasteiger partial charge in [0.25, 0.3) is 5.56 Å². The Hall–Kier alpha value is -3.71. The number of aromatic nitrogens is 1. The number of ether oxygens (including phenoxy) is 1. The number of methoxy groups -OCH3 is 1. The van der Waals surface area contributed by atoms with Crippen LogP contribution in [0.2, 0.25) is 0 Å². The molecule has 1 aliphatic rings. The number of carbonyl (C=O) groups is 1. The number of hydrogen-bond acceptors (Lipinski definition) is 5. The molecule has 4 aromatic rings. The predicted octanol–water partition coefficient (Wildman–Crippen LogP) is 4.47. The van der Waals surface area contributed by atoms with Crippen LogP contribution in [0.5, 0.6) is 5.75 Å². The number of nitrogens with two attached hydrogens (primary N) is 1. The third-order valence-corrected chi connectivity index (χ3v) is 7.08. The summed E-state index contributed by atoms with van der Waals surface area (Å²) < 4.78 is 7.24. The summed E-state index contributed by atoms with van der Waals surface area (Å²) in [6.07, 6.45) is 0.459. The van der Waals surface area contributed by atoms with Gasteiger partial charge >= 0.3 is 0 Å². The number of anilines is 2. The second-order valence-corrected chi connectivity index (χ2v) is 8.91. The van der Waals surface area contributed by atoms with Crippen molar-refractivity contribution in [3.8, 4) is 5.75 Å². The van der Waals surface area contributed by atoms with Gasteiger partial charge in [-0.25, -0.2) is 0 Å². The van der Waals surface area contributed by atoms with Crippen LogP contribution in [0.1, 0.15) is 17.2 Å². The number of rotatable bonds is 5. The van der Waals surface area contributed by atoms with Gasteiger partial charge in [0, 0.05) is 23.4 Å². The lowest BCUT2D eigenvalue weighted by Crippen LogP contribution is -2.34. The van der Waals surface area contributed by atoms with E-state index in [9.17, 15) is 9.59 Å². The molecule has 0 aliphatic carbocycles. The van der Waals surface area contributed by atoms with E-state index in [4.69, 9.17) is 10.5 Å². The van der Waals surface area contributed by atoms with Crippen molar-refractivity contribution in [3.63, 3.8) is 0 Å². The maximum atomic E-state index is 13.4. The zero-order valence-electron chi connectivity index (χ0n) is 18.1. The summed E-state index contributed by atoms with van der Waals surface area (Å²) in [7, 11) is 1.57. The lowest BCUT2D eigenvalue weighted by atomic mass is 9.97.